The van der Waals surface area contributed by atoms with Crippen molar-refractivity contribution >= 4 is 28.6 Å². The highest BCUT2D eigenvalue weighted by Crippen LogP contribution is 2.41. The third-order valence-electron chi connectivity index (χ3n) is 6.81. The first-order valence-corrected chi connectivity index (χ1v) is 13.4. The molecule has 0 spiro atoms. The van der Waals surface area contributed by atoms with Gasteiger partial charge >= 0.3 is 0 Å². The van der Waals surface area contributed by atoms with Crippen LogP contribution in [0.2, 0.25) is 0 Å². The maximum absolute atomic E-state index is 10.9. The number of pyridine rings is 1. The fourth-order valence-electron chi connectivity index (χ4n) is 4.65. The van der Waals surface area contributed by atoms with Crippen LogP contribution >= 0.6 is 22.9 Å². The van der Waals surface area contributed by atoms with Crippen LogP contribution in [0.5, 0.6) is 0 Å². The average molecular weight is 523 g/mol. The Labute approximate surface area is 220 Å². The number of rotatable bonds is 7. The normalized spacial score (nSPS) is 21.9. The summed E-state index contributed by atoms with van der Waals surface area (Å²) in [6, 6.07) is 3.60. The van der Waals surface area contributed by atoms with E-state index in [0.717, 1.165) is 51.9 Å². The second-order valence-corrected chi connectivity index (χ2v) is 11.8. The summed E-state index contributed by atoms with van der Waals surface area (Å²) in [5, 5.41) is 24.2. The molecule has 2 unspecified atom stereocenters. The number of alkyl halides is 1. The molecule has 0 amide bonds. The zero-order valence-electron chi connectivity index (χ0n) is 21.0. The van der Waals surface area contributed by atoms with Gasteiger partial charge in [0, 0.05) is 35.8 Å². The summed E-state index contributed by atoms with van der Waals surface area (Å²) < 4.78 is 2.11. The Kier molecular flexibility index (Phi) is 6.96. The van der Waals surface area contributed by atoms with Crippen molar-refractivity contribution in [3.63, 3.8) is 0 Å². The van der Waals surface area contributed by atoms with Crippen LogP contribution in [0.15, 0.2) is 53.3 Å². The predicted molar refractivity (Wildman–Crippen MR) is 145 cm³/mol. The van der Waals surface area contributed by atoms with Crippen molar-refractivity contribution in [3.8, 4) is 5.00 Å². The van der Waals surface area contributed by atoms with E-state index in [1.54, 1.807) is 17.5 Å². The first-order valence-electron chi connectivity index (χ1n) is 12.2. The molecule has 3 atom stereocenters. The van der Waals surface area contributed by atoms with E-state index in [0.29, 0.717) is 13.0 Å². The van der Waals surface area contributed by atoms with Crippen LogP contribution in [0.25, 0.3) is 5.00 Å². The molecule has 188 valence electrons. The van der Waals surface area contributed by atoms with Crippen LogP contribution in [0.3, 0.4) is 0 Å². The van der Waals surface area contributed by atoms with Crippen molar-refractivity contribution in [3.05, 3.63) is 81.5 Å². The number of fused-ring (bicyclic) bond motifs is 3. The van der Waals surface area contributed by atoms with Crippen molar-refractivity contribution in [2.24, 2.45) is 4.99 Å². The first kappa shape index (κ1) is 25.0. The van der Waals surface area contributed by atoms with E-state index in [1.165, 1.54) is 10.4 Å². The molecule has 2 N–H and O–H groups in total. The van der Waals surface area contributed by atoms with Gasteiger partial charge in [-0.3, -0.25) is 19.9 Å². The lowest BCUT2D eigenvalue weighted by Gasteiger charge is -2.22. The number of aliphatic hydroxyl groups excluding tert-OH is 1. The number of aliphatic hydroxyl groups is 1. The molecule has 3 aromatic rings. The van der Waals surface area contributed by atoms with Gasteiger partial charge < -0.3 is 5.11 Å². The number of allylic oxidation sites excluding steroid dienone is 4. The Hall–Kier alpha value is -2.65. The molecule has 0 saturated heterocycles. The molecule has 0 bridgehead atoms. The average Bonchev–Trinajstić information content (AvgIpc) is 3.32. The van der Waals surface area contributed by atoms with Crippen molar-refractivity contribution < 1.29 is 5.11 Å². The number of aliphatic imine (C=N–C) groups is 1. The van der Waals surface area contributed by atoms with Gasteiger partial charge in [-0.25, -0.2) is 0 Å². The Bertz CT molecular complexity index is 1350. The Morgan fingerprint density at radius 3 is 2.86 bits per heavy atom. The molecular weight excluding hydrogens is 492 g/mol. The van der Waals surface area contributed by atoms with Crippen LogP contribution in [-0.4, -0.2) is 48.2 Å². The van der Waals surface area contributed by atoms with Gasteiger partial charge in [0.15, 0.2) is 5.82 Å². The van der Waals surface area contributed by atoms with E-state index in [-0.39, 0.29) is 6.04 Å². The zero-order valence-corrected chi connectivity index (χ0v) is 22.6. The molecule has 5 rings (SSSR count). The van der Waals surface area contributed by atoms with Gasteiger partial charge in [0.05, 0.1) is 10.6 Å². The predicted octanol–water partition coefficient (Wildman–Crippen LogP) is 4.92. The Morgan fingerprint density at radius 1 is 1.31 bits per heavy atom. The van der Waals surface area contributed by atoms with Crippen LogP contribution in [0.1, 0.15) is 59.0 Å². The lowest BCUT2D eigenvalue weighted by atomic mass is 9.91. The largest absolute Gasteiger partial charge is 0.379 e. The molecule has 4 heterocycles. The highest BCUT2D eigenvalue weighted by molar-refractivity contribution is 7.15. The summed E-state index contributed by atoms with van der Waals surface area (Å²) in [4.78, 5) is 10.3. The number of nitrogens with zero attached hydrogens (tertiary/aromatic N) is 5. The number of hydrogen-bond donors (Lipinski definition) is 2. The molecule has 1 aliphatic carbocycles. The smallest absolute Gasteiger partial charge is 0.163 e. The van der Waals surface area contributed by atoms with Crippen molar-refractivity contribution in [2.75, 3.05) is 6.54 Å². The summed E-state index contributed by atoms with van der Waals surface area (Å²) >= 11 is 8.31. The lowest BCUT2D eigenvalue weighted by molar-refractivity contribution is 0.119. The van der Waals surface area contributed by atoms with E-state index in [9.17, 15) is 5.11 Å². The summed E-state index contributed by atoms with van der Waals surface area (Å²) in [5.74, 6) is 1.56. The maximum Gasteiger partial charge on any atom is 0.163 e. The van der Waals surface area contributed by atoms with Crippen molar-refractivity contribution in [2.45, 2.75) is 64.1 Å². The van der Waals surface area contributed by atoms with Crippen molar-refractivity contribution in [1.82, 2.24) is 25.1 Å². The van der Waals surface area contributed by atoms with E-state index < -0.39 is 11.1 Å². The highest BCUT2D eigenvalue weighted by Gasteiger charge is 2.33. The molecule has 0 aromatic carbocycles. The molecule has 1 aliphatic heterocycles. The molecular formula is C27H31ClN6OS. The number of halogens is 1. The van der Waals surface area contributed by atoms with Crippen LogP contribution < -0.4 is 5.32 Å². The van der Waals surface area contributed by atoms with Gasteiger partial charge in [-0.2, -0.15) is 0 Å². The van der Waals surface area contributed by atoms with Gasteiger partial charge in [0.1, 0.15) is 23.1 Å². The number of nitrogens with one attached hydrogen (secondary N) is 1. The Morgan fingerprint density at radius 2 is 2.14 bits per heavy atom. The minimum absolute atomic E-state index is 0.361. The Balaban J connectivity index is 1.48. The highest BCUT2D eigenvalue weighted by atomic mass is 35.5. The molecule has 0 fully saturated rings. The standard InChI is InChI=1S/C27H31ClN6OS/c1-16-17(2)36-26-23(16)24(20-7-10-27(4,28)11-8-20)31-21(25-33-32-18(3)34(25)26)14-22(35)30-13-9-19-6-5-12-29-15-19/h5-8,10,12,15,21-22,30,35H,9,11,13-14H2,1-4H3/t21-,22?,27?/m0/s1. The van der Waals surface area contributed by atoms with Crippen LogP contribution in [0, 0.1) is 20.8 Å². The number of aryl methyl sites for hydroxylation is 2. The number of aromatic nitrogens is 4. The third kappa shape index (κ3) is 4.95. The van der Waals surface area contributed by atoms with Crippen molar-refractivity contribution in [1.29, 1.82) is 0 Å². The number of hydrogen-bond acceptors (Lipinski definition) is 7. The summed E-state index contributed by atoms with van der Waals surface area (Å²) in [6.07, 6.45) is 11.0. The molecule has 0 saturated carbocycles. The minimum Gasteiger partial charge on any atom is -0.379 e. The van der Waals surface area contributed by atoms with Gasteiger partial charge in [-0.05, 0) is 63.3 Å². The third-order valence-corrected chi connectivity index (χ3v) is 8.28. The number of thiophene rings is 1. The second kappa shape index (κ2) is 10.0. The van der Waals surface area contributed by atoms with E-state index >= 15 is 0 Å². The maximum atomic E-state index is 10.9. The second-order valence-electron chi connectivity index (χ2n) is 9.69. The fraction of sp³-hybridized carbons (Fsp3) is 0.407. The molecule has 9 heteroatoms. The van der Waals surface area contributed by atoms with Gasteiger partial charge in [0.2, 0.25) is 0 Å². The van der Waals surface area contributed by atoms with E-state index in [4.69, 9.17) is 16.6 Å². The summed E-state index contributed by atoms with van der Waals surface area (Å²) in [6.45, 7) is 8.90. The molecule has 2 aliphatic rings. The van der Waals surface area contributed by atoms with Gasteiger partial charge in [-0.1, -0.05) is 24.3 Å². The van der Waals surface area contributed by atoms with Gasteiger partial charge in [0.25, 0.3) is 0 Å². The topological polar surface area (TPSA) is 88.2 Å². The lowest BCUT2D eigenvalue weighted by Crippen LogP contribution is -2.32. The van der Waals surface area contributed by atoms with E-state index in [2.05, 4.69) is 51.1 Å². The quantitative estimate of drug-likeness (QED) is 0.340. The summed E-state index contributed by atoms with van der Waals surface area (Å²) in [5.41, 5.74) is 5.41. The first-order chi connectivity index (χ1) is 17.2. The SMILES string of the molecule is Cc1sc2c(c1C)C(C1=CCC(C)(Cl)C=C1)=N[C@@H](CC(O)NCCc1cccnc1)c1nnc(C)n1-2. The van der Waals surface area contributed by atoms with E-state index in [1.807, 2.05) is 38.3 Å². The monoisotopic (exact) mass is 522 g/mol. The van der Waals surface area contributed by atoms with Gasteiger partial charge in [-0.15, -0.1) is 33.1 Å². The van der Waals surface area contributed by atoms with Crippen LogP contribution in [-0.2, 0) is 6.42 Å². The zero-order chi connectivity index (χ0) is 25.4. The molecule has 0 radical (unpaired) electrons. The molecule has 36 heavy (non-hydrogen) atoms. The summed E-state index contributed by atoms with van der Waals surface area (Å²) in [7, 11) is 0. The van der Waals surface area contributed by atoms with Crippen LogP contribution in [0.4, 0.5) is 0 Å². The molecule has 3 aromatic heterocycles. The molecule has 7 nitrogen and oxygen atoms in total. The fourth-order valence-corrected chi connectivity index (χ4v) is 6.01. The minimum atomic E-state index is -0.747.